The number of carboxylic acids is 1. The maximum absolute atomic E-state index is 13.8. The molecule has 256 valence electrons. The molecule has 0 spiro atoms. The molecule has 0 unspecified atom stereocenters. The number of aliphatic hydroxyl groups excluding tert-OH is 1. The van der Waals surface area contributed by atoms with Crippen LogP contribution in [0.1, 0.15) is 65.2 Å². The predicted octanol–water partition coefficient (Wildman–Crippen LogP) is -2.39. The van der Waals surface area contributed by atoms with Gasteiger partial charge in [-0.1, -0.05) is 13.8 Å². The van der Waals surface area contributed by atoms with Crippen molar-refractivity contribution in [1.82, 2.24) is 30.2 Å². The summed E-state index contributed by atoms with van der Waals surface area (Å²) in [6.07, 6.45) is 3.81. The summed E-state index contributed by atoms with van der Waals surface area (Å²) in [6, 6.07) is -5.84. The highest BCUT2D eigenvalue weighted by molar-refractivity contribution is 5.97. The van der Waals surface area contributed by atoms with Crippen molar-refractivity contribution in [2.24, 2.45) is 11.7 Å². The summed E-state index contributed by atoms with van der Waals surface area (Å²) in [6.45, 7) is 3.62. The molecule has 16 heteroatoms. The Morgan fingerprint density at radius 2 is 1.13 bits per heavy atom. The Morgan fingerprint density at radius 3 is 1.63 bits per heavy atom. The Balaban J connectivity index is 1.40. The maximum atomic E-state index is 13.8. The molecule has 4 heterocycles. The highest BCUT2D eigenvalue weighted by Crippen LogP contribution is 2.28. The number of carboxylic acid groups (broad SMARTS) is 1. The largest absolute Gasteiger partial charge is 0.480 e. The van der Waals surface area contributed by atoms with E-state index >= 15 is 0 Å². The fourth-order valence-corrected chi connectivity index (χ4v) is 7.13. The molecule has 0 aromatic heterocycles. The van der Waals surface area contributed by atoms with E-state index in [0.717, 1.165) is 0 Å². The molecule has 4 aliphatic rings. The molecule has 4 aliphatic heterocycles. The number of nitrogens with two attached hydrogens (primary N) is 1. The average Bonchev–Trinajstić information content (AvgIpc) is 3.86. The summed E-state index contributed by atoms with van der Waals surface area (Å²) in [7, 11) is 0. The molecule has 16 nitrogen and oxygen atoms in total. The van der Waals surface area contributed by atoms with Crippen LogP contribution in [0.4, 0.5) is 0 Å². The molecule has 0 aliphatic carbocycles. The van der Waals surface area contributed by atoms with Crippen molar-refractivity contribution in [3.05, 3.63) is 0 Å². The van der Waals surface area contributed by atoms with Crippen LogP contribution in [0.2, 0.25) is 0 Å². The van der Waals surface area contributed by atoms with E-state index in [1.54, 1.807) is 13.8 Å². The lowest BCUT2D eigenvalue weighted by atomic mass is 10.0. The van der Waals surface area contributed by atoms with Gasteiger partial charge in [0.25, 0.3) is 0 Å². The van der Waals surface area contributed by atoms with Gasteiger partial charge in [0.2, 0.25) is 35.4 Å². The van der Waals surface area contributed by atoms with Crippen molar-refractivity contribution in [2.45, 2.75) is 101 Å². The lowest BCUT2D eigenvalue weighted by Gasteiger charge is -2.34. The minimum atomic E-state index is -1.38. The standard InChI is InChI=1S/C30H47N7O9/c1-17(2)24(30(45)46)33-26(41)20-8-3-12-35(20)27(42)18(16-38)32-25(40)19-7-4-13-36(19)29(44)22-10-6-14-37(22)28(43)21-9-5-11-34(21)23(39)15-31/h17-22,24,38H,3-16,31H2,1-2H3,(H,32,40)(H,33,41)(H,45,46)/t18-,19-,20-,21-,22-,24-/m0/s1. The third kappa shape index (κ3) is 7.27. The molecular formula is C30H47N7O9. The Hall–Kier alpha value is -3.79. The number of likely N-dealkylation sites (tertiary alicyclic amines) is 4. The molecule has 0 aromatic rings. The lowest BCUT2D eigenvalue weighted by Crippen LogP contribution is -2.59. The number of aliphatic carboxylic acids is 1. The van der Waals surface area contributed by atoms with Crippen LogP contribution in [0.15, 0.2) is 0 Å². The van der Waals surface area contributed by atoms with Crippen LogP contribution >= 0.6 is 0 Å². The maximum Gasteiger partial charge on any atom is 0.326 e. The molecule has 46 heavy (non-hydrogen) atoms. The monoisotopic (exact) mass is 649 g/mol. The van der Waals surface area contributed by atoms with E-state index in [0.29, 0.717) is 64.5 Å². The van der Waals surface area contributed by atoms with E-state index in [1.165, 1.54) is 19.6 Å². The number of rotatable bonds is 11. The second kappa shape index (κ2) is 15.2. The van der Waals surface area contributed by atoms with Crippen LogP contribution in [0.25, 0.3) is 0 Å². The zero-order valence-electron chi connectivity index (χ0n) is 26.6. The molecule has 0 radical (unpaired) electrons. The van der Waals surface area contributed by atoms with Gasteiger partial charge in [-0.25, -0.2) is 4.79 Å². The minimum Gasteiger partial charge on any atom is -0.480 e. The van der Waals surface area contributed by atoms with E-state index in [-0.39, 0.29) is 43.3 Å². The van der Waals surface area contributed by atoms with Crippen molar-refractivity contribution in [2.75, 3.05) is 39.3 Å². The van der Waals surface area contributed by atoms with Crippen LogP contribution in [0.3, 0.4) is 0 Å². The van der Waals surface area contributed by atoms with E-state index in [2.05, 4.69) is 10.6 Å². The average molecular weight is 650 g/mol. The summed E-state index contributed by atoms with van der Waals surface area (Å²) in [5.74, 6) is -4.50. The van der Waals surface area contributed by atoms with Gasteiger partial charge in [0, 0.05) is 26.2 Å². The van der Waals surface area contributed by atoms with Crippen LogP contribution in [-0.2, 0) is 33.6 Å². The van der Waals surface area contributed by atoms with Crippen LogP contribution < -0.4 is 16.4 Å². The second-order valence-corrected chi connectivity index (χ2v) is 12.8. The molecule has 6 atom stereocenters. The molecule has 6 amide bonds. The lowest BCUT2D eigenvalue weighted by molar-refractivity contribution is -0.150. The first-order valence-electron chi connectivity index (χ1n) is 16.3. The van der Waals surface area contributed by atoms with Gasteiger partial charge >= 0.3 is 5.97 Å². The zero-order valence-corrected chi connectivity index (χ0v) is 26.6. The van der Waals surface area contributed by atoms with Gasteiger partial charge in [-0.15, -0.1) is 0 Å². The van der Waals surface area contributed by atoms with Gasteiger partial charge in [0.05, 0.1) is 13.2 Å². The fourth-order valence-electron chi connectivity index (χ4n) is 7.13. The van der Waals surface area contributed by atoms with Gasteiger partial charge in [-0.05, 0) is 57.3 Å². The van der Waals surface area contributed by atoms with Crippen molar-refractivity contribution in [3.63, 3.8) is 0 Å². The predicted molar refractivity (Wildman–Crippen MR) is 161 cm³/mol. The Bertz CT molecular complexity index is 1210. The molecule has 0 aromatic carbocycles. The number of hydrogen-bond acceptors (Lipinski definition) is 9. The number of carbonyl (C=O) groups excluding carboxylic acids is 6. The van der Waals surface area contributed by atoms with Gasteiger partial charge < -0.3 is 46.2 Å². The van der Waals surface area contributed by atoms with E-state index in [4.69, 9.17) is 5.73 Å². The Kier molecular flexibility index (Phi) is 11.6. The van der Waals surface area contributed by atoms with E-state index in [9.17, 15) is 43.8 Å². The van der Waals surface area contributed by atoms with Crippen molar-refractivity contribution in [1.29, 1.82) is 0 Å². The van der Waals surface area contributed by atoms with Crippen LogP contribution in [-0.4, -0.2) is 147 Å². The normalized spacial score (nSPS) is 25.9. The summed E-state index contributed by atoms with van der Waals surface area (Å²) in [5, 5.41) is 24.6. The third-order valence-corrected chi connectivity index (χ3v) is 9.56. The van der Waals surface area contributed by atoms with E-state index in [1.807, 2.05) is 0 Å². The molecule has 4 rings (SSSR count). The molecule has 0 bridgehead atoms. The van der Waals surface area contributed by atoms with Gasteiger partial charge in [-0.2, -0.15) is 0 Å². The zero-order chi connectivity index (χ0) is 33.7. The summed E-state index contributed by atoms with van der Waals surface area (Å²) in [4.78, 5) is 96.8. The highest BCUT2D eigenvalue weighted by Gasteiger charge is 2.46. The van der Waals surface area contributed by atoms with Crippen LogP contribution in [0.5, 0.6) is 0 Å². The second-order valence-electron chi connectivity index (χ2n) is 12.8. The molecule has 0 saturated carbocycles. The van der Waals surface area contributed by atoms with Crippen molar-refractivity contribution >= 4 is 41.4 Å². The van der Waals surface area contributed by atoms with Gasteiger partial charge in [-0.3, -0.25) is 28.8 Å². The number of carbonyl (C=O) groups is 7. The molecular weight excluding hydrogens is 602 g/mol. The van der Waals surface area contributed by atoms with Gasteiger partial charge in [0.15, 0.2) is 0 Å². The third-order valence-electron chi connectivity index (χ3n) is 9.56. The van der Waals surface area contributed by atoms with E-state index < -0.39 is 66.5 Å². The molecule has 6 N–H and O–H groups in total. The SMILES string of the molecule is CC(C)[C@H](NC(=O)[C@@H]1CCCN1C(=O)[C@H](CO)NC(=O)[C@@H]1CCCN1C(=O)[C@@H]1CCCN1C(=O)[C@@H]1CCCN1C(=O)CN)C(=O)O. The number of hydrogen-bond donors (Lipinski definition) is 5. The van der Waals surface area contributed by atoms with Gasteiger partial charge in [0.1, 0.15) is 36.3 Å². The molecule has 4 saturated heterocycles. The minimum absolute atomic E-state index is 0.192. The first-order chi connectivity index (χ1) is 21.9. The topological polar surface area (TPSA) is 223 Å². The Labute approximate surface area is 267 Å². The first-order valence-corrected chi connectivity index (χ1v) is 16.3. The smallest absolute Gasteiger partial charge is 0.326 e. The quantitative estimate of drug-likeness (QED) is 0.160. The van der Waals surface area contributed by atoms with Crippen molar-refractivity contribution in [3.8, 4) is 0 Å². The summed E-state index contributed by atoms with van der Waals surface area (Å²) < 4.78 is 0. The Morgan fingerprint density at radius 1 is 0.696 bits per heavy atom. The number of nitrogens with one attached hydrogen (secondary N) is 2. The summed E-state index contributed by atoms with van der Waals surface area (Å²) >= 11 is 0. The number of amides is 6. The fraction of sp³-hybridized carbons (Fsp3) is 0.767. The molecule has 4 fully saturated rings. The number of nitrogens with zero attached hydrogens (tertiary/aromatic N) is 4. The highest BCUT2D eigenvalue weighted by atomic mass is 16.4. The first kappa shape index (κ1) is 35.1. The van der Waals surface area contributed by atoms with Crippen LogP contribution in [0, 0.1) is 5.92 Å². The summed E-state index contributed by atoms with van der Waals surface area (Å²) in [5.41, 5.74) is 5.53. The van der Waals surface area contributed by atoms with Crippen molar-refractivity contribution < 1.29 is 43.8 Å². The number of aliphatic hydroxyl groups is 1.